The van der Waals surface area contributed by atoms with Crippen LogP contribution in [-0.4, -0.2) is 28.6 Å². The van der Waals surface area contributed by atoms with Crippen LogP contribution in [-0.2, 0) is 19.4 Å². The Labute approximate surface area is 197 Å². The first kappa shape index (κ1) is 25.7. The summed E-state index contributed by atoms with van der Waals surface area (Å²) in [6.07, 6.45) is 11.4. The van der Waals surface area contributed by atoms with Gasteiger partial charge in [0.2, 0.25) is 0 Å². The maximum absolute atomic E-state index is 6.20. The molecule has 6 heteroatoms. The van der Waals surface area contributed by atoms with Crippen LogP contribution in [0.25, 0.3) is 23.7 Å². The second-order valence-corrected chi connectivity index (χ2v) is 8.04. The molecular formula is C27H38N6. The number of nitrogens with zero attached hydrogens (tertiary/aromatic N) is 4. The fraction of sp³-hybridized carbons (Fsp3) is 0.333. The second kappa shape index (κ2) is 12.5. The van der Waals surface area contributed by atoms with Gasteiger partial charge in [-0.05, 0) is 50.1 Å². The summed E-state index contributed by atoms with van der Waals surface area (Å²) < 4.78 is 2.31. The van der Waals surface area contributed by atoms with Crippen molar-refractivity contribution in [2.24, 2.45) is 5.73 Å². The number of fused-ring (bicyclic) bond motifs is 1. The lowest BCUT2D eigenvalue weighted by Gasteiger charge is -2.14. The summed E-state index contributed by atoms with van der Waals surface area (Å²) in [5.41, 5.74) is 15.3. The minimum atomic E-state index is 0.460. The highest BCUT2D eigenvalue weighted by Crippen LogP contribution is 2.19. The Morgan fingerprint density at radius 2 is 1.91 bits per heavy atom. The van der Waals surface area contributed by atoms with E-state index in [1.807, 2.05) is 19.1 Å². The Morgan fingerprint density at radius 1 is 1.18 bits per heavy atom. The normalized spacial score (nSPS) is 11.6. The summed E-state index contributed by atoms with van der Waals surface area (Å²) in [5, 5.41) is 1.70. The lowest BCUT2D eigenvalue weighted by Crippen LogP contribution is -2.30. The van der Waals surface area contributed by atoms with Gasteiger partial charge in [0, 0.05) is 38.0 Å². The summed E-state index contributed by atoms with van der Waals surface area (Å²) in [6.45, 7) is 12.3. The number of anilines is 2. The van der Waals surface area contributed by atoms with Gasteiger partial charge < -0.3 is 20.9 Å². The van der Waals surface area contributed by atoms with Gasteiger partial charge in [0.05, 0.1) is 10.9 Å². The molecule has 0 fully saturated rings. The third-order valence-electron chi connectivity index (χ3n) is 5.41. The molecule has 0 aliphatic carbocycles. The smallest absolute Gasteiger partial charge is 0.152 e. The Hall–Kier alpha value is -3.54. The van der Waals surface area contributed by atoms with E-state index in [2.05, 4.69) is 84.7 Å². The third-order valence-corrected chi connectivity index (χ3v) is 5.41. The third kappa shape index (κ3) is 6.48. The van der Waals surface area contributed by atoms with Gasteiger partial charge in [-0.1, -0.05) is 50.4 Å². The van der Waals surface area contributed by atoms with Crippen LogP contribution in [0.2, 0.25) is 0 Å². The zero-order valence-electron chi connectivity index (χ0n) is 20.5. The summed E-state index contributed by atoms with van der Waals surface area (Å²) in [5.74, 6) is 1.51. The standard InChI is InChI=1S/C25H33N5.C2H5N/c1-6-8-15-21-18(3)27-25(26)23-24(21)30(22(7-2)28-23)16-10-9-12-19-13-11-14-20(17-19)29(4)5;1-2-3/h6,8,11,13-15,17H,3,7,9-10,12,16H2,1-2,4-5H3,(H2,26,27);2H,1,3H2/b8-6-,21-15+;. The van der Waals surface area contributed by atoms with Crippen molar-refractivity contribution in [2.75, 3.05) is 24.7 Å². The molecule has 6 nitrogen and oxygen atoms in total. The van der Waals surface area contributed by atoms with Crippen molar-refractivity contribution in [3.63, 3.8) is 0 Å². The number of aromatic nitrogens is 3. The molecule has 1 aromatic carbocycles. The summed E-state index contributed by atoms with van der Waals surface area (Å²) >= 11 is 0. The number of pyridine rings is 1. The Morgan fingerprint density at radius 3 is 2.55 bits per heavy atom. The Kier molecular flexibility index (Phi) is 9.73. The van der Waals surface area contributed by atoms with E-state index in [4.69, 9.17) is 10.7 Å². The van der Waals surface area contributed by atoms with Crippen molar-refractivity contribution >= 4 is 35.2 Å². The van der Waals surface area contributed by atoms with Crippen LogP contribution in [0, 0.1) is 0 Å². The highest BCUT2D eigenvalue weighted by Gasteiger charge is 2.14. The number of benzene rings is 1. The monoisotopic (exact) mass is 446 g/mol. The number of allylic oxidation sites excluding steroid dienone is 2. The van der Waals surface area contributed by atoms with Crippen LogP contribution in [0.3, 0.4) is 0 Å². The van der Waals surface area contributed by atoms with Crippen molar-refractivity contribution in [1.82, 2.24) is 14.5 Å². The maximum atomic E-state index is 6.20. The predicted octanol–water partition coefficient (Wildman–Crippen LogP) is 3.52. The van der Waals surface area contributed by atoms with Gasteiger partial charge in [-0.25, -0.2) is 9.97 Å². The number of hydrogen-bond donors (Lipinski definition) is 2. The van der Waals surface area contributed by atoms with E-state index in [1.165, 1.54) is 17.5 Å². The number of rotatable bonds is 8. The molecule has 0 aliphatic heterocycles. The van der Waals surface area contributed by atoms with Crippen LogP contribution < -0.4 is 26.9 Å². The maximum Gasteiger partial charge on any atom is 0.152 e. The molecule has 0 atom stereocenters. The topological polar surface area (TPSA) is 86.0 Å². The van der Waals surface area contributed by atoms with Gasteiger partial charge in [-0.15, -0.1) is 0 Å². The first-order valence-electron chi connectivity index (χ1n) is 11.4. The molecule has 0 aliphatic rings. The molecular weight excluding hydrogens is 408 g/mol. The predicted molar refractivity (Wildman–Crippen MR) is 143 cm³/mol. The van der Waals surface area contributed by atoms with E-state index in [-0.39, 0.29) is 0 Å². The average molecular weight is 447 g/mol. The van der Waals surface area contributed by atoms with Crippen LogP contribution in [0.5, 0.6) is 0 Å². The number of unbranched alkanes of at least 4 members (excludes halogenated alkanes) is 1. The van der Waals surface area contributed by atoms with Crippen molar-refractivity contribution in [3.05, 3.63) is 71.2 Å². The number of nitrogens with two attached hydrogens (primary N) is 2. The molecule has 0 saturated carbocycles. The molecule has 0 saturated heterocycles. The fourth-order valence-corrected chi connectivity index (χ4v) is 3.81. The van der Waals surface area contributed by atoms with Crippen molar-refractivity contribution < 1.29 is 0 Å². The second-order valence-electron chi connectivity index (χ2n) is 8.04. The largest absolute Gasteiger partial charge is 0.405 e. The van der Waals surface area contributed by atoms with E-state index in [1.54, 1.807) is 0 Å². The molecule has 3 aromatic rings. The van der Waals surface area contributed by atoms with Crippen LogP contribution in [0.1, 0.15) is 38.1 Å². The molecule has 176 valence electrons. The number of nitrogen functional groups attached to an aromatic ring is 1. The van der Waals surface area contributed by atoms with Gasteiger partial charge in [0.15, 0.2) is 5.82 Å². The van der Waals surface area contributed by atoms with Crippen LogP contribution in [0.15, 0.2) is 49.2 Å². The first-order valence-corrected chi connectivity index (χ1v) is 11.4. The minimum Gasteiger partial charge on any atom is -0.405 e. The zero-order valence-corrected chi connectivity index (χ0v) is 20.5. The summed E-state index contributed by atoms with van der Waals surface area (Å²) in [7, 11) is 4.16. The van der Waals surface area contributed by atoms with Gasteiger partial charge >= 0.3 is 0 Å². The van der Waals surface area contributed by atoms with E-state index in [0.717, 1.165) is 54.3 Å². The molecule has 0 radical (unpaired) electrons. The minimum absolute atomic E-state index is 0.460. The van der Waals surface area contributed by atoms with Crippen LogP contribution in [0.4, 0.5) is 11.5 Å². The molecule has 0 bridgehead atoms. The van der Waals surface area contributed by atoms with E-state index < -0.39 is 0 Å². The average Bonchev–Trinajstić information content (AvgIpc) is 3.16. The van der Waals surface area contributed by atoms with E-state index in [0.29, 0.717) is 11.2 Å². The fourth-order valence-electron chi connectivity index (χ4n) is 3.81. The molecule has 0 amide bonds. The van der Waals surface area contributed by atoms with E-state index >= 15 is 0 Å². The van der Waals surface area contributed by atoms with Gasteiger partial charge in [-0.3, -0.25) is 0 Å². The number of hydrogen-bond acceptors (Lipinski definition) is 5. The first-order chi connectivity index (χ1) is 15.9. The molecule has 2 aromatic heterocycles. The lowest BCUT2D eigenvalue weighted by atomic mass is 10.1. The molecule has 0 spiro atoms. The molecule has 4 N–H and O–H groups in total. The van der Waals surface area contributed by atoms with Crippen molar-refractivity contribution in [3.8, 4) is 0 Å². The van der Waals surface area contributed by atoms with Crippen molar-refractivity contribution in [1.29, 1.82) is 0 Å². The van der Waals surface area contributed by atoms with Crippen molar-refractivity contribution in [2.45, 2.75) is 46.1 Å². The Bertz CT molecular complexity index is 1200. The van der Waals surface area contributed by atoms with Gasteiger partial charge in [0.1, 0.15) is 11.3 Å². The highest BCUT2D eigenvalue weighted by molar-refractivity contribution is 5.86. The molecule has 33 heavy (non-hydrogen) atoms. The zero-order chi connectivity index (χ0) is 24.4. The Balaban J connectivity index is 0.00000122. The molecule has 0 unspecified atom stereocenters. The molecule has 2 heterocycles. The van der Waals surface area contributed by atoms with Gasteiger partial charge in [0.25, 0.3) is 0 Å². The lowest BCUT2D eigenvalue weighted by molar-refractivity contribution is 0.599. The van der Waals surface area contributed by atoms with Crippen LogP contribution >= 0.6 is 0 Å². The summed E-state index contributed by atoms with van der Waals surface area (Å²) in [6, 6.07) is 8.77. The highest BCUT2D eigenvalue weighted by atomic mass is 15.1. The SMILES string of the molecule is C=CN.C=c1nc(N)c2nc(CC)n(CCCCc3cccc(N(C)C)c3)c2/c1=C/C=C\C. The van der Waals surface area contributed by atoms with E-state index in [9.17, 15) is 0 Å². The number of imidazole rings is 1. The number of aryl methyl sites for hydroxylation is 3. The molecule has 3 rings (SSSR count). The summed E-state index contributed by atoms with van der Waals surface area (Å²) in [4.78, 5) is 11.4. The van der Waals surface area contributed by atoms with Gasteiger partial charge in [-0.2, -0.15) is 0 Å². The quantitative estimate of drug-likeness (QED) is 0.517.